The number of likely N-dealkylation sites (tertiary alicyclic amines) is 1. The first-order chi connectivity index (χ1) is 8.01. The Balaban J connectivity index is 1.92. The molecule has 0 bridgehead atoms. The average molecular weight is 241 g/mol. The van der Waals surface area contributed by atoms with E-state index in [1.54, 1.807) is 0 Å². The highest BCUT2D eigenvalue weighted by Crippen LogP contribution is 2.23. The van der Waals surface area contributed by atoms with Crippen molar-refractivity contribution in [1.29, 1.82) is 0 Å². The highest BCUT2D eigenvalue weighted by atomic mass is 16.4. The summed E-state index contributed by atoms with van der Waals surface area (Å²) in [6.45, 7) is 5.98. The van der Waals surface area contributed by atoms with Gasteiger partial charge in [0.25, 0.3) is 0 Å². The summed E-state index contributed by atoms with van der Waals surface area (Å²) < 4.78 is 0. The topological polar surface area (TPSA) is 64.6 Å². The molecule has 0 radical (unpaired) electrons. The quantitative estimate of drug-likeness (QED) is 0.632. The first-order valence-electron chi connectivity index (χ1n) is 6.39. The van der Waals surface area contributed by atoms with E-state index in [2.05, 4.69) is 29.5 Å². The summed E-state index contributed by atoms with van der Waals surface area (Å²) in [5, 5.41) is 15.8. The average Bonchev–Trinajstić information content (AvgIpc) is 2.18. The van der Waals surface area contributed by atoms with Gasteiger partial charge in [-0.15, -0.1) is 0 Å². The van der Waals surface area contributed by atoms with E-state index in [1.807, 2.05) is 0 Å². The van der Waals surface area contributed by atoms with Crippen molar-refractivity contribution in [3.05, 3.63) is 0 Å². The number of hydrogen-bond donors (Lipinski definition) is 3. The van der Waals surface area contributed by atoms with Crippen molar-refractivity contribution < 1.29 is 9.90 Å². The maximum Gasteiger partial charge on any atom is 0.305 e. The molecule has 0 amide bonds. The number of aliphatic carboxylic acids is 1. The third-order valence-corrected chi connectivity index (χ3v) is 4.02. The highest BCUT2D eigenvalue weighted by Gasteiger charge is 2.41. The Hall–Kier alpha value is -0.650. The molecule has 2 saturated heterocycles. The summed E-state index contributed by atoms with van der Waals surface area (Å²) in [6, 6.07) is 0.452. The zero-order valence-electron chi connectivity index (χ0n) is 10.7. The summed E-state index contributed by atoms with van der Waals surface area (Å²) in [4.78, 5) is 13.2. The number of nitrogens with one attached hydrogen (secondary N) is 2. The van der Waals surface area contributed by atoms with Crippen LogP contribution in [0.1, 0.15) is 19.8 Å². The third kappa shape index (κ3) is 2.97. The van der Waals surface area contributed by atoms with Gasteiger partial charge in [-0.1, -0.05) is 6.92 Å². The maximum absolute atomic E-state index is 10.9. The van der Waals surface area contributed by atoms with Gasteiger partial charge in [-0.25, -0.2) is 0 Å². The zero-order valence-corrected chi connectivity index (χ0v) is 10.7. The molecule has 0 aliphatic carbocycles. The van der Waals surface area contributed by atoms with Crippen LogP contribution >= 0.6 is 0 Å². The number of carboxylic acid groups (broad SMARTS) is 1. The lowest BCUT2D eigenvalue weighted by Crippen LogP contribution is -2.71. The molecule has 2 heterocycles. The van der Waals surface area contributed by atoms with Crippen LogP contribution in [0.15, 0.2) is 0 Å². The number of hydrogen-bond acceptors (Lipinski definition) is 4. The fourth-order valence-electron chi connectivity index (χ4n) is 2.96. The van der Waals surface area contributed by atoms with Gasteiger partial charge in [0.15, 0.2) is 0 Å². The molecule has 0 spiro atoms. The SMILES string of the molecule is CC1CN(C)CCC1NC1(CC(=O)O)CNC1. The monoisotopic (exact) mass is 241 g/mol. The van der Waals surface area contributed by atoms with Gasteiger partial charge in [0.1, 0.15) is 0 Å². The van der Waals surface area contributed by atoms with E-state index in [0.717, 1.165) is 32.6 Å². The van der Waals surface area contributed by atoms with Crippen molar-refractivity contribution >= 4 is 5.97 Å². The van der Waals surface area contributed by atoms with Crippen LogP contribution in [0.3, 0.4) is 0 Å². The Morgan fingerprint density at radius 1 is 1.59 bits per heavy atom. The maximum atomic E-state index is 10.9. The fourth-order valence-corrected chi connectivity index (χ4v) is 2.96. The van der Waals surface area contributed by atoms with Gasteiger partial charge in [-0.05, 0) is 25.9 Å². The second kappa shape index (κ2) is 4.92. The molecule has 0 aromatic rings. The first-order valence-corrected chi connectivity index (χ1v) is 6.39. The third-order valence-electron chi connectivity index (χ3n) is 4.02. The van der Waals surface area contributed by atoms with Crippen LogP contribution in [0.25, 0.3) is 0 Å². The molecule has 98 valence electrons. The molecule has 2 aliphatic rings. The van der Waals surface area contributed by atoms with Gasteiger partial charge >= 0.3 is 5.97 Å². The molecule has 2 fully saturated rings. The van der Waals surface area contributed by atoms with E-state index in [9.17, 15) is 4.79 Å². The number of piperidine rings is 1. The van der Waals surface area contributed by atoms with Crippen LogP contribution in [0.5, 0.6) is 0 Å². The minimum atomic E-state index is -0.709. The molecular weight excluding hydrogens is 218 g/mol. The summed E-state index contributed by atoms with van der Waals surface area (Å²) >= 11 is 0. The van der Waals surface area contributed by atoms with Crippen LogP contribution in [-0.4, -0.2) is 60.8 Å². The minimum absolute atomic E-state index is 0.208. The second-order valence-corrected chi connectivity index (χ2v) is 5.73. The van der Waals surface area contributed by atoms with Crippen molar-refractivity contribution in [2.24, 2.45) is 5.92 Å². The summed E-state index contributed by atoms with van der Waals surface area (Å²) in [6.07, 6.45) is 1.33. The van der Waals surface area contributed by atoms with Crippen LogP contribution in [0, 0.1) is 5.92 Å². The molecule has 0 aromatic heterocycles. The van der Waals surface area contributed by atoms with Crippen molar-refractivity contribution in [2.75, 3.05) is 33.2 Å². The Morgan fingerprint density at radius 2 is 2.29 bits per heavy atom. The van der Waals surface area contributed by atoms with E-state index in [4.69, 9.17) is 5.11 Å². The summed E-state index contributed by atoms with van der Waals surface area (Å²) in [5.74, 6) is -0.125. The van der Waals surface area contributed by atoms with Crippen molar-refractivity contribution in [3.63, 3.8) is 0 Å². The van der Waals surface area contributed by atoms with Crippen LogP contribution in [0.4, 0.5) is 0 Å². The molecule has 2 atom stereocenters. The predicted molar refractivity (Wildman–Crippen MR) is 66.1 cm³/mol. The van der Waals surface area contributed by atoms with Gasteiger partial charge in [0, 0.05) is 25.7 Å². The Labute approximate surface area is 103 Å². The zero-order chi connectivity index (χ0) is 12.5. The fraction of sp³-hybridized carbons (Fsp3) is 0.917. The van der Waals surface area contributed by atoms with Crippen molar-refractivity contribution in [1.82, 2.24) is 15.5 Å². The Morgan fingerprint density at radius 3 is 2.76 bits per heavy atom. The predicted octanol–water partition coefficient (Wildman–Crippen LogP) is -0.267. The van der Waals surface area contributed by atoms with Gasteiger partial charge < -0.3 is 20.6 Å². The lowest BCUT2D eigenvalue weighted by molar-refractivity contribution is -0.139. The van der Waals surface area contributed by atoms with Gasteiger partial charge in [-0.3, -0.25) is 4.79 Å². The normalized spacial score (nSPS) is 33.1. The van der Waals surface area contributed by atoms with E-state index in [-0.39, 0.29) is 12.0 Å². The van der Waals surface area contributed by atoms with Gasteiger partial charge in [-0.2, -0.15) is 0 Å². The van der Waals surface area contributed by atoms with E-state index in [0.29, 0.717) is 12.0 Å². The summed E-state index contributed by atoms with van der Waals surface area (Å²) in [7, 11) is 2.14. The summed E-state index contributed by atoms with van der Waals surface area (Å²) in [5.41, 5.74) is -0.208. The second-order valence-electron chi connectivity index (χ2n) is 5.73. The molecule has 0 aromatic carbocycles. The standard InChI is InChI=1S/C12H23N3O2/c1-9-6-15(2)4-3-10(9)14-12(5-11(16)17)7-13-8-12/h9-10,13-14H,3-8H2,1-2H3,(H,16,17). The molecule has 2 aliphatic heterocycles. The Kier molecular flexibility index (Phi) is 3.70. The van der Waals surface area contributed by atoms with Crippen LogP contribution < -0.4 is 10.6 Å². The number of carbonyl (C=O) groups is 1. The molecule has 0 saturated carbocycles. The van der Waals surface area contributed by atoms with Crippen LogP contribution in [-0.2, 0) is 4.79 Å². The minimum Gasteiger partial charge on any atom is -0.481 e. The molecule has 17 heavy (non-hydrogen) atoms. The number of nitrogens with zero attached hydrogens (tertiary/aromatic N) is 1. The van der Waals surface area contributed by atoms with Gasteiger partial charge in [0.2, 0.25) is 0 Å². The largest absolute Gasteiger partial charge is 0.481 e. The molecule has 2 unspecified atom stereocenters. The molecule has 2 rings (SSSR count). The van der Waals surface area contributed by atoms with Crippen LogP contribution in [0.2, 0.25) is 0 Å². The molecular formula is C12H23N3O2. The number of carboxylic acids is 1. The van der Waals surface area contributed by atoms with Crippen molar-refractivity contribution in [3.8, 4) is 0 Å². The molecule has 5 nitrogen and oxygen atoms in total. The van der Waals surface area contributed by atoms with E-state index >= 15 is 0 Å². The van der Waals surface area contributed by atoms with Gasteiger partial charge in [0.05, 0.1) is 12.0 Å². The molecule has 3 N–H and O–H groups in total. The molecule has 5 heteroatoms. The first kappa shape index (κ1) is 12.8. The Bertz CT molecular complexity index is 291. The lowest BCUT2D eigenvalue weighted by atomic mass is 9.84. The highest BCUT2D eigenvalue weighted by molar-refractivity contribution is 5.68. The van der Waals surface area contributed by atoms with E-state index in [1.165, 1.54) is 0 Å². The van der Waals surface area contributed by atoms with Crippen molar-refractivity contribution in [2.45, 2.75) is 31.3 Å². The smallest absolute Gasteiger partial charge is 0.305 e. The van der Waals surface area contributed by atoms with E-state index < -0.39 is 5.97 Å². The number of rotatable bonds is 4. The lowest BCUT2D eigenvalue weighted by Gasteiger charge is -2.48.